The van der Waals surface area contributed by atoms with Crippen LogP contribution in [0.5, 0.6) is 0 Å². The maximum atomic E-state index is 13.5. The third-order valence-electron chi connectivity index (χ3n) is 2.78. The molecule has 84 valence electrons. The Morgan fingerprint density at radius 1 is 1.25 bits per heavy atom. The molecule has 0 aliphatic carbocycles. The Bertz CT molecular complexity index is 467. The lowest BCUT2D eigenvalue weighted by molar-refractivity contribution is -0.126. The van der Waals surface area contributed by atoms with E-state index in [1.807, 2.05) is 5.32 Å². The van der Waals surface area contributed by atoms with Crippen LogP contribution in [0.25, 0.3) is 0 Å². The third kappa shape index (κ3) is 1.39. The van der Waals surface area contributed by atoms with Crippen LogP contribution in [-0.4, -0.2) is 11.8 Å². The van der Waals surface area contributed by atoms with Crippen LogP contribution in [0.15, 0.2) is 18.2 Å². The summed E-state index contributed by atoms with van der Waals surface area (Å²) in [4.78, 5) is 22.6. The highest BCUT2D eigenvalue weighted by molar-refractivity contribution is 6.08. The van der Waals surface area contributed by atoms with Crippen LogP contribution in [0, 0.1) is 11.6 Å². The van der Waals surface area contributed by atoms with E-state index >= 15 is 0 Å². The summed E-state index contributed by atoms with van der Waals surface area (Å²) in [5.74, 6) is -2.81. The van der Waals surface area contributed by atoms with Gasteiger partial charge in [-0.15, -0.1) is 0 Å². The van der Waals surface area contributed by atoms with Crippen LogP contribution in [0.4, 0.5) is 8.78 Å². The Kier molecular flexibility index (Phi) is 2.26. The van der Waals surface area contributed by atoms with Crippen LogP contribution >= 0.6 is 0 Å². The monoisotopic (exact) mass is 225 g/mol. The van der Waals surface area contributed by atoms with Gasteiger partial charge in [0.15, 0.2) is 0 Å². The number of rotatable bonds is 1. The second kappa shape index (κ2) is 3.37. The van der Waals surface area contributed by atoms with Gasteiger partial charge in [-0.25, -0.2) is 8.78 Å². The summed E-state index contributed by atoms with van der Waals surface area (Å²) >= 11 is 0. The van der Waals surface area contributed by atoms with Gasteiger partial charge >= 0.3 is 0 Å². The first kappa shape index (κ1) is 10.7. The molecule has 1 aliphatic rings. The zero-order valence-corrected chi connectivity index (χ0v) is 8.51. The fourth-order valence-corrected chi connectivity index (χ4v) is 1.94. The molecule has 2 rings (SSSR count). The van der Waals surface area contributed by atoms with Gasteiger partial charge < -0.3 is 0 Å². The zero-order chi connectivity index (χ0) is 11.9. The molecular formula is C11H9F2NO2. The molecular weight excluding hydrogens is 216 g/mol. The van der Waals surface area contributed by atoms with Crippen molar-refractivity contribution in [3.8, 4) is 0 Å². The average Bonchev–Trinajstić information content (AvgIpc) is 2.40. The molecule has 1 aliphatic heterocycles. The fourth-order valence-electron chi connectivity index (χ4n) is 1.94. The molecule has 1 atom stereocenters. The lowest BCUT2D eigenvalue weighted by atomic mass is 9.80. The van der Waals surface area contributed by atoms with Crippen LogP contribution in [0.1, 0.15) is 18.9 Å². The standard InChI is InChI=1S/C11H9F2NO2/c1-11(5-8(15)14-10(11)16)9-6(12)3-2-4-7(9)13/h2-4H,5H2,1H3,(H,14,15,16). The molecule has 1 aromatic rings. The molecule has 0 bridgehead atoms. The van der Waals surface area contributed by atoms with Crippen LogP contribution < -0.4 is 5.32 Å². The van der Waals surface area contributed by atoms with E-state index < -0.39 is 28.9 Å². The number of hydrogen-bond acceptors (Lipinski definition) is 2. The molecule has 0 spiro atoms. The molecule has 1 N–H and O–H groups in total. The van der Waals surface area contributed by atoms with Gasteiger partial charge in [0.2, 0.25) is 11.8 Å². The van der Waals surface area contributed by atoms with Crippen molar-refractivity contribution in [2.75, 3.05) is 0 Å². The fraction of sp³-hybridized carbons (Fsp3) is 0.273. The summed E-state index contributed by atoms with van der Waals surface area (Å²) in [5.41, 5.74) is -1.80. The van der Waals surface area contributed by atoms with Gasteiger partial charge in [-0.05, 0) is 19.1 Å². The van der Waals surface area contributed by atoms with E-state index in [4.69, 9.17) is 0 Å². The zero-order valence-electron chi connectivity index (χ0n) is 8.51. The maximum Gasteiger partial charge on any atom is 0.237 e. The van der Waals surface area contributed by atoms with E-state index in [1.165, 1.54) is 13.0 Å². The molecule has 0 saturated carbocycles. The summed E-state index contributed by atoms with van der Waals surface area (Å²) in [7, 11) is 0. The van der Waals surface area contributed by atoms with Gasteiger partial charge in [-0.1, -0.05) is 6.07 Å². The molecule has 2 amide bonds. The van der Waals surface area contributed by atoms with E-state index in [0.29, 0.717) is 0 Å². The molecule has 3 nitrogen and oxygen atoms in total. The molecule has 0 radical (unpaired) electrons. The predicted molar refractivity (Wildman–Crippen MR) is 51.5 cm³/mol. The quantitative estimate of drug-likeness (QED) is 0.731. The summed E-state index contributed by atoms with van der Waals surface area (Å²) in [6, 6.07) is 3.35. The highest BCUT2D eigenvalue weighted by Crippen LogP contribution is 2.35. The van der Waals surface area contributed by atoms with Gasteiger partial charge in [0, 0.05) is 12.0 Å². The Hall–Kier alpha value is -1.78. The molecule has 5 heteroatoms. The molecule has 16 heavy (non-hydrogen) atoms. The van der Waals surface area contributed by atoms with Crippen molar-refractivity contribution in [2.45, 2.75) is 18.8 Å². The second-order valence-corrected chi connectivity index (χ2v) is 3.98. The molecule has 1 saturated heterocycles. The van der Waals surface area contributed by atoms with Crippen molar-refractivity contribution in [1.82, 2.24) is 5.32 Å². The van der Waals surface area contributed by atoms with E-state index in [1.54, 1.807) is 0 Å². The average molecular weight is 225 g/mol. The van der Waals surface area contributed by atoms with Crippen molar-refractivity contribution < 1.29 is 18.4 Å². The third-order valence-corrected chi connectivity index (χ3v) is 2.78. The Morgan fingerprint density at radius 3 is 2.25 bits per heavy atom. The van der Waals surface area contributed by atoms with Gasteiger partial charge in [0.05, 0.1) is 5.41 Å². The Labute approximate surface area is 90.5 Å². The van der Waals surface area contributed by atoms with E-state index in [9.17, 15) is 18.4 Å². The summed E-state index contributed by atoms with van der Waals surface area (Å²) in [6.07, 6.45) is -0.232. The summed E-state index contributed by atoms with van der Waals surface area (Å²) in [5, 5.41) is 2.05. The van der Waals surface area contributed by atoms with Gasteiger partial charge in [-0.2, -0.15) is 0 Å². The van der Waals surface area contributed by atoms with Crippen LogP contribution in [0.3, 0.4) is 0 Å². The lowest BCUT2D eigenvalue weighted by Crippen LogP contribution is -2.34. The minimum Gasteiger partial charge on any atom is -0.296 e. The van der Waals surface area contributed by atoms with Crippen molar-refractivity contribution >= 4 is 11.8 Å². The normalized spacial score (nSPS) is 24.7. The van der Waals surface area contributed by atoms with Gasteiger partial charge in [-0.3, -0.25) is 14.9 Å². The van der Waals surface area contributed by atoms with Crippen molar-refractivity contribution in [3.05, 3.63) is 35.4 Å². The van der Waals surface area contributed by atoms with E-state index in [0.717, 1.165) is 12.1 Å². The number of benzene rings is 1. The highest BCUT2D eigenvalue weighted by Gasteiger charge is 2.47. The van der Waals surface area contributed by atoms with Crippen LogP contribution in [0.2, 0.25) is 0 Å². The number of hydrogen-bond donors (Lipinski definition) is 1. The number of nitrogens with one attached hydrogen (secondary N) is 1. The topological polar surface area (TPSA) is 46.2 Å². The van der Waals surface area contributed by atoms with E-state index in [2.05, 4.69) is 0 Å². The summed E-state index contributed by atoms with van der Waals surface area (Å²) < 4.78 is 27.0. The maximum absolute atomic E-state index is 13.5. The number of halogens is 2. The highest BCUT2D eigenvalue weighted by atomic mass is 19.1. The summed E-state index contributed by atoms with van der Waals surface area (Å²) in [6.45, 7) is 1.36. The Balaban J connectivity index is 2.60. The minimum absolute atomic E-state index is 0.232. The first-order valence-electron chi connectivity index (χ1n) is 4.74. The lowest BCUT2D eigenvalue weighted by Gasteiger charge is -2.21. The van der Waals surface area contributed by atoms with Gasteiger partial charge in [0.25, 0.3) is 0 Å². The molecule has 0 aromatic heterocycles. The van der Waals surface area contributed by atoms with Crippen LogP contribution in [-0.2, 0) is 15.0 Å². The first-order valence-corrected chi connectivity index (χ1v) is 4.74. The Morgan fingerprint density at radius 2 is 1.81 bits per heavy atom. The number of carbonyl (C=O) groups is 2. The van der Waals surface area contributed by atoms with Crippen molar-refractivity contribution in [3.63, 3.8) is 0 Å². The number of amides is 2. The molecule has 1 fully saturated rings. The largest absolute Gasteiger partial charge is 0.296 e. The van der Waals surface area contributed by atoms with E-state index in [-0.39, 0.29) is 12.0 Å². The smallest absolute Gasteiger partial charge is 0.237 e. The van der Waals surface area contributed by atoms with Crippen molar-refractivity contribution in [2.24, 2.45) is 0 Å². The molecule has 1 heterocycles. The SMILES string of the molecule is CC1(c2c(F)cccc2F)CC(=O)NC1=O. The first-order chi connectivity index (χ1) is 7.45. The number of imide groups is 1. The van der Waals surface area contributed by atoms with Crippen molar-refractivity contribution in [1.29, 1.82) is 0 Å². The van der Waals surface area contributed by atoms with Gasteiger partial charge in [0.1, 0.15) is 11.6 Å². The predicted octanol–water partition coefficient (Wildman–Crippen LogP) is 1.27. The minimum atomic E-state index is -1.45. The molecule has 1 aromatic carbocycles. The number of carbonyl (C=O) groups excluding carboxylic acids is 2. The molecule has 1 unspecified atom stereocenters. The second-order valence-electron chi connectivity index (χ2n) is 3.98.